The molecule has 1 aliphatic rings. The van der Waals surface area contributed by atoms with Crippen molar-refractivity contribution in [3.63, 3.8) is 0 Å². The van der Waals surface area contributed by atoms with Crippen molar-refractivity contribution in [2.75, 3.05) is 33.2 Å². The minimum absolute atomic E-state index is 0.0507. The van der Waals surface area contributed by atoms with Crippen LogP contribution in [-0.2, 0) is 0 Å². The van der Waals surface area contributed by atoms with Crippen molar-refractivity contribution in [1.29, 1.82) is 0 Å². The molecule has 0 atom stereocenters. The predicted molar refractivity (Wildman–Crippen MR) is 80.1 cm³/mol. The Labute approximate surface area is 124 Å². The average molecular weight is 285 g/mol. The van der Waals surface area contributed by atoms with Gasteiger partial charge < -0.3 is 14.3 Å². The van der Waals surface area contributed by atoms with Crippen molar-refractivity contribution >= 4 is 5.91 Å². The van der Waals surface area contributed by atoms with Crippen molar-refractivity contribution in [2.24, 2.45) is 0 Å². The number of hydrogen-bond acceptors (Lipinski definition) is 4. The number of hydrogen-bond donors (Lipinski definition) is 0. The fourth-order valence-corrected chi connectivity index (χ4v) is 2.40. The number of aromatic nitrogens is 1. The molecule has 3 rings (SSSR count). The summed E-state index contributed by atoms with van der Waals surface area (Å²) in [6, 6.07) is 9.70. The van der Waals surface area contributed by atoms with E-state index >= 15 is 0 Å². The number of likely N-dealkylation sites (N-methyl/N-ethyl adjacent to an activating group) is 1. The number of carbonyl (C=O) groups is 1. The van der Waals surface area contributed by atoms with Gasteiger partial charge in [-0.25, -0.2) is 0 Å². The van der Waals surface area contributed by atoms with Gasteiger partial charge in [0.15, 0.2) is 11.5 Å². The van der Waals surface area contributed by atoms with Gasteiger partial charge in [0, 0.05) is 37.8 Å². The summed E-state index contributed by atoms with van der Waals surface area (Å²) >= 11 is 0. The van der Waals surface area contributed by atoms with Crippen molar-refractivity contribution < 1.29 is 9.32 Å². The molecule has 0 radical (unpaired) electrons. The Balaban J connectivity index is 1.75. The molecule has 0 aliphatic carbocycles. The molecule has 1 aromatic carbocycles. The SMILES string of the molecule is Cc1ccc(-c2cc(C(=O)N3CCN(C)CC3)no2)cc1. The van der Waals surface area contributed by atoms with Crippen LogP contribution >= 0.6 is 0 Å². The van der Waals surface area contributed by atoms with Gasteiger partial charge in [-0.15, -0.1) is 0 Å². The van der Waals surface area contributed by atoms with Crippen LogP contribution in [0.3, 0.4) is 0 Å². The van der Waals surface area contributed by atoms with Gasteiger partial charge in [0.05, 0.1) is 0 Å². The molecule has 2 aromatic rings. The Bertz CT molecular complexity index is 625. The normalized spacial score (nSPS) is 16.2. The summed E-state index contributed by atoms with van der Waals surface area (Å²) < 4.78 is 5.32. The van der Waals surface area contributed by atoms with Crippen LogP contribution < -0.4 is 0 Å². The molecule has 0 spiro atoms. The molecular formula is C16H19N3O2. The molecule has 1 amide bonds. The maximum Gasteiger partial charge on any atom is 0.276 e. The number of aryl methyl sites for hydroxylation is 1. The standard InChI is InChI=1S/C16H19N3O2/c1-12-3-5-13(6-4-12)15-11-14(17-21-15)16(20)19-9-7-18(2)8-10-19/h3-6,11H,7-10H2,1-2H3. The summed E-state index contributed by atoms with van der Waals surface area (Å²) in [7, 11) is 2.06. The maximum atomic E-state index is 12.4. The van der Waals surface area contributed by atoms with Crippen molar-refractivity contribution in [3.8, 4) is 11.3 Å². The van der Waals surface area contributed by atoms with Gasteiger partial charge in [0.25, 0.3) is 5.91 Å². The second-order valence-corrected chi connectivity index (χ2v) is 5.54. The molecule has 1 aliphatic heterocycles. The molecule has 21 heavy (non-hydrogen) atoms. The molecule has 0 unspecified atom stereocenters. The first-order valence-corrected chi connectivity index (χ1v) is 7.15. The van der Waals surface area contributed by atoms with E-state index in [0.717, 1.165) is 31.7 Å². The Morgan fingerprint density at radius 3 is 2.48 bits per heavy atom. The molecule has 110 valence electrons. The summed E-state index contributed by atoms with van der Waals surface area (Å²) in [4.78, 5) is 16.4. The second-order valence-electron chi connectivity index (χ2n) is 5.54. The molecule has 1 fully saturated rings. The molecule has 0 N–H and O–H groups in total. The van der Waals surface area contributed by atoms with Crippen LogP contribution in [0.15, 0.2) is 34.9 Å². The minimum Gasteiger partial charge on any atom is -0.355 e. The number of piperazine rings is 1. The highest BCUT2D eigenvalue weighted by molar-refractivity contribution is 5.93. The number of amides is 1. The van der Waals surface area contributed by atoms with Crippen molar-refractivity contribution in [1.82, 2.24) is 15.0 Å². The molecule has 2 heterocycles. The number of nitrogens with zero attached hydrogens (tertiary/aromatic N) is 3. The van der Waals surface area contributed by atoms with Gasteiger partial charge >= 0.3 is 0 Å². The highest BCUT2D eigenvalue weighted by Gasteiger charge is 2.23. The third kappa shape index (κ3) is 2.97. The van der Waals surface area contributed by atoms with Gasteiger partial charge in [-0.3, -0.25) is 4.79 Å². The summed E-state index contributed by atoms with van der Waals surface area (Å²) in [6.45, 7) is 5.30. The second kappa shape index (κ2) is 5.69. The van der Waals surface area contributed by atoms with Crippen molar-refractivity contribution in [2.45, 2.75) is 6.92 Å². The quantitative estimate of drug-likeness (QED) is 0.847. The van der Waals surface area contributed by atoms with E-state index in [9.17, 15) is 4.79 Å². The Hall–Kier alpha value is -2.14. The van der Waals surface area contributed by atoms with Gasteiger partial charge in [-0.05, 0) is 14.0 Å². The lowest BCUT2D eigenvalue weighted by molar-refractivity contribution is 0.0654. The van der Waals surface area contributed by atoms with Crippen LogP contribution in [0.5, 0.6) is 0 Å². The first kappa shape index (κ1) is 13.8. The van der Waals surface area contributed by atoms with Gasteiger partial charge in [-0.2, -0.15) is 0 Å². The van der Waals surface area contributed by atoms with E-state index in [4.69, 9.17) is 4.52 Å². The number of rotatable bonds is 2. The molecule has 0 saturated carbocycles. The Kier molecular flexibility index (Phi) is 3.75. The molecule has 0 bridgehead atoms. The Morgan fingerprint density at radius 2 is 1.81 bits per heavy atom. The van der Waals surface area contributed by atoms with Crippen LogP contribution in [0.4, 0.5) is 0 Å². The van der Waals surface area contributed by atoms with E-state index in [1.165, 1.54) is 5.56 Å². The summed E-state index contributed by atoms with van der Waals surface area (Å²) in [5.41, 5.74) is 2.51. The zero-order valence-electron chi connectivity index (χ0n) is 12.4. The van der Waals surface area contributed by atoms with Gasteiger partial charge in [0.2, 0.25) is 0 Å². The fourth-order valence-electron chi connectivity index (χ4n) is 2.40. The third-order valence-corrected chi connectivity index (χ3v) is 3.86. The van der Waals surface area contributed by atoms with Crippen LogP contribution in [-0.4, -0.2) is 54.1 Å². The van der Waals surface area contributed by atoms with Gasteiger partial charge in [-0.1, -0.05) is 35.0 Å². The predicted octanol–water partition coefficient (Wildman–Crippen LogP) is 2.04. The monoisotopic (exact) mass is 285 g/mol. The largest absolute Gasteiger partial charge is 0.355 e. The van der Waals surface area contributed by atoms with E-state index in [1.54, 1.807) is 6.07 Å². The topological polar surface area (TPSA) is 49.6 Å². The third-order valence-electron chi connectivity index (χ3n) is 3.86. The van der Waals surface area contributed by atoms with Crippen LogP contribution in [0.25, 0.3) is 11.3 Å². The molecular weight excluding hydrogens is 266 g/mol. The Morgan fingerprint density at radius 1 is 1.14 bits per heavy atom. The number of benzene rings is 1. The fraction of sp³-hybridized carbons (Fsp3) is 0.375. The minimum atomic E-state index is -0.0507. The zero-order chi connectivity index (χ0) is 14.8. The lowest BCUT2D eigenvalue weighted by Crippen LogP contribution is -2.47. The lowest BCUT2D eigenvalue weighted by Gasteiger charge is -2.31. The maximum absolute atomic E-state index is 12.4. The summed E-state index contributed by atoms with van der Waals surface area (Å²) in [5, 5.41) is 3.93. The zero-order valence-corrected chi connectivity index (χ0v) is 12.4. The van der Waals surface area contributed by atoms with Crippen molar-refractivity contribution in [3.05, 3.63) is 41.6 Å². The van der Waals surface area contributed by atoms with E-state index in [1.807, 2.05) is 36.1 Å². The highest BCUT2D eigenvalue weighted by Crippen LogP contribution is 2.21. The van der Waals surface area contributed by atoms with E-state index < -0.39 is 0 Å². The lowest BCUT2D eigenvalue weighted by atomic mass is 10.1. The van der Waals surface area contributed by atoms with Crippen LogP contribution in [0.2, 0.25) is 0 Å². The molecule has 5 nitrogen and oxygen atoms in total. The highest BCUT2D eigenvalue weighted by atomic mass is 16.5. The first-order valence-electron chi connectivity index (χ1n) is 7.15. The summed E-state index contributed by atoms with van der Waals surface area (Å²) in [6.07, 6.45) is 0. The average Bonchev–Trinajstić information content (AvgIpc) is 2.98. The van der Waals surface area contributed by atoms with Crippen LogP contribution in [0.1, 0.15) is 16.1 Å². The van der Waals surface area contributed by atoms with Gasteiger partial charge in [0.1, 0.15) is 0 Å². The molecule has 1 saturated heterocycles. The van der Waals surface area contributed by atoms with E-state index in [0.29, 0.717) is 11.5 Å². The number of carbonyl (C=O) groups excluding carboxylic acids is 1. The first-order chi connectivity index (χ1) is 10.1. The van der Waals surface area contributed by atoms with E-state index in [-0.39, 0.29) is 5.91 Å². The van der Waals surface area contributed by atoms with E-state index in [2.05, 4.69) is 17.1 Å². The smallest absolute Gasteiger partial charge is 0.276 e. The molecule has 5 heteroatoms. The summed E-state index contributed by atoms with van der Waals surface area (Å²) in [5.74, 6) is 0.581. The molecule has 1 aromatic heterocycles. The van der Waals surface area contributed by atoms with Crippen LogP contribution in [0, 0.1) is 6.92 Å².